The molecule has 98 valence electrons. The summed E-state index contributed by atoms with van der Waals surface area (Å²) in [7, 11) is 0. The number of halogens is 2. The summed E-state index contributed by atoms with van der Waals surface area (Å²) in [6.45, 7) is 1.36. The average molecular weight is 339 g/mol. The smallest absolute Gasteiger partial charge is 0.0751 e. The standard InChI is InChI=1S/C15H13BrClNO/c16-13-6-5-11(7-14(13)17)18-15-9-19-8-10-3-1-2-4-12(10)15/h1-7,15,18H,8-9H2. The van der Waals surface area contributed by atoms with E-state index >= 15 is 0 Å². The number of rotatable bonds is 2. The van der Waals surface area contributed by atoms with Crippen LogP contribution in [0.2, 0.25) is 5.02 Å². The third-order valence-electron chi connectivity index (χ3n) is 3.23. The molecule has 2 nitrogen and oxygen atoms in total. The van der Waals surface area contributed by atoms with Crippen molar-refractivity contribution in [2.24, 2.45) is 0 Å². The van der Waals surface area contributed by atoms with Crippen LogP contribution < -0.4 is 5.32 Å². The third kappa shape index (κ3) is 2.78. The van der Waals surface area contributed by atoms with Gasteiger partial charge in [0.25, 0.3) is 0 Å². The minimum Gasteiger partial charge on any atom is -0.376 e. The first-order valence-corrected chi connectivity index (χ1v) is 7.28. The zero-order valence-corrected chi connectivity index (χ0v) is 12.5. The molecule has 1 N–H and O–H groups in total. The summed E-state index contributed by atoms with van der Waals surface area (Å²) in [5.41, 5.74) is 3.54. The summed E-state index contributed by atoms with van der Waals surface area (Å²) in [5, 5.41) is 4.18. The molecule has 1 heterocycles. The number of hydrogen-bond acceptors (Lipinski definition) is 2. The van der Waals surface area contributed by atoms with Gasteiger partial charge in [-0.25, -0.2) is 0 Å². The van der Waals surface area contributed by atoms with Gasteiger partial charge in [-0.05, 0) is 45.3 Å². The van der Waals surface area contributed by atoms with Gasteiger partial charge >= 0.3 is 0 Å². The van der Waals surface area contributed by atoms with Crippen molar-refractivity contribution in [1.29, 1.82) is 0 Å². The molecular weight excluding hydrogens is 326 g/mol. The van der Waals surface area contributed by atoms with E-state index in [1.165, 1.54) is 11.1 Å². The Morgan fingerprint density at radius 3 is 2.89 bits per heavy atom. The topological polar surface area (TPSA) is 21.3 Å². The van der Waals surface area contributed by atoms with E-state index in [0.717, 1.165) is 10.2 Å². The molecule has 2 aromatic rings. The second-order valence-electron chi connectivity index (χ2n) is 4.54. The maximum Gasteiger partial charge on any atom is 0.0751 e. The summed E-state index contributed by atoms with van der Waals surface area (Å²) in [5.74, 6) is 0. The average Bonchev–Trinajstić information content (AvgIpc) is 2.43. The highest BCUT2D eigenvalue weighted by Gasteiger charge is 2.20. The minimum atomic E-state index is 0.169. The van der Waals surface area contributed by atoms with E-state index in [2.05, 4.69) is 39.4 Å². The first kappa shape index (κ1) is 13.0. The number of fused-ring (bicyclic) bond motifs is 1. The van der Waals surface area contributed by atoms with Crippen molar-refractivity contribution in [2.45, 2.75) is 12.6 Å². The van der Waals surface area contributed by atoms with Gasteiger partial charge in [-0.2, -0.15) is 0 Å². The molecule has 0 amide bonds. The molecule has 0 aliphatic carbocycles. The lowest BCUT2D eigenvalue weighted by molar-refractivity contribution is 0.0970. The number of ether oxygens (including phenoxy) is 1. The van der Waals surface area contributed by atoms with E-state index < -0.39 is 0 Å². The van der Waals surface area contributed by atoms with Gasteiger partial charge in [0.15, 0.2) is 0 Å². The summed E-state index contributed by atoms with van der Waals surface area (Å²) in [6.07, 6.45) is 0. The van der Waals surface area contributed by atoms with E-state index in [9.17, 15) is 0 Å². The Kier molecular flexibility index (Phi) is 3.78. The molecule has 4 heteroatoms. The summed E-state index contributed by atoms with van der Waals surface area (Å²) < 4.78 is 6.53. The highest BCUT2D eigenvalue weighted by Crippen LogP contribution is 2.30. The lowest BCUT2D eigenvalue weighted by Crippen LogP contribution is -2.23. The van der Waals surface area contributed by atoms with Crippen LogP contribution in [0.25, 0.3) is 0 Å². The van der Waals surface area contributed by atoms with Crippen molar-refractivity contribution in [3.63, 3.8) is 0 Å². The molecular formula is C15H13BrClNO. The van der Waals surface area contributed by atoms with Crippen LogP contribution in [0.4, 0.5) is 5.69 Å². The fourth-order valence-corrected chi connectivity index (χ4v) is 2.72. The zero-order valence-electron chi connectivity index (χ0n) is 10.2. The Hall–Kier alpha value is -1.03. The quantitative estimate of drug-likeness (QED) is 0.850. The van der Waals surface area contributed by atoms with Crippen molar-refractivity contribution in [1.82, 2.24) is 0 Å². The molecule has 3 rings (SSSR count). The molecule has 1 atom stereocenters. The fraction of sp³-hybridized carbons (Fsp3) is 0.200. The van der Waals surface area contributed by atoms with E-state index in [1.807, 2.05) is 24.3 Å². The third-order valence-corrected chi connectivity index (χ3v) is 4.47. The first-order chi connectivity index (χ1) is 9.24. The highest BCUT2D eigenvalue weighted by atomic mass is 79.9. The lowest BCUT2D eigenvalue weighted by Gasteiger charge is -2.27. The lowest BCUT2D eigenvalue weighted by atomic mass is 9.99. The molecule has 0 bridgehead atoms. The van der Waals surface area contributed by atoms with Gasteiger partial charge in [0.2, 0.25) is 0 Å². The van der Waals surface area contributed by atoms with Gasteiger partial charge in [-0.1, -0.05) is 35.9 Å². The normalized spacial score (nSPS) is 17.9. The Morgan fingerprint density at radius 1 is 1.21 bits per heavy atom. The molecule has 0 spiro atoms. The minimum absolute atomic E-state index is 0.169. The summed E-state index contributed by atoms with van der Waals surface area (Å²) in [4.78, 5) is 0. The van der Waals surface area contributed by atoms with Crippen molar-refractivity contribution in [3.05, 3.63) is 63.1 Å². The maximum absolute atomic E-state index is 6.11. The fourth-order valence-electron chi connectivity index (χ4n) is 2.29. The van der Waals surface area contributed by atoms with Gasteiger partial charge in [-0.15, -0.1) is 0 Å². The number of benzene rings is 2. The Morgan fingerprint density at radius 2 is 2.05 bits per heavy atom. The summed E-state index contributed by atoms with van der Waals surface area (Å²) >= 11 is 9.51. The number of hydrogen-bond donors (Lipinski definition) is 1. The predicted octanol–water partition coefficient (Wildman–Crippen LogP) is 4.79. The Labute approximate surface area is 125 Å². The van der Waals surface area contributed by atoms with Gasteiger partial charge in [0.1, 0.15) is 0 Å². The van der Waals surface area contributed by atoms with Crippen molar-refractivity contribution >= 4 is 33.2 Å². The molecule has 2 aromatic carbocycles. The van der Waals surface area contributed by atoms with Crippen molar-refractivity contribution in [2.75, 3.05) is 11.9 Å². The first-order valence-electron chi connectivity index (χ1n) is 6.11. The molecule has 0 fully saturated rings. The van der Waals surface area contributed by atoms with Crippen LogP contribution in [0, 0.1) is 0 Å². The van der Waals surface area contributed by atoms with Crippen LogP contribution in [-0.2, 0) is 11.3 Å². The van der Waals surface area contributed by atoms with Gasteiger partial charge < -0.3 is 10.1 Å². The zero-order chi connectivity index (χ0) is 13.2. The molecule has 0 radical (unpaired) electrons. The maximum atomic E-state index is 6.11. The molecule has 1 unspecified atom stereocenters. The molecule has 1 aliphatic rings. The molecule has 19 heavy (non-hydrogen) atoms. The summed E-state index contributed by atoms with van der Waals surface area (Å²) in [6, 6.07) is 14.4. The molecule has 0 aromatic heterocycles. The van der Waals surface area contributed by atoms with Crippen LogP contribution in [0.15, 0.2) is 46.9 Å². The van der Waals surface area contributed by atoms with E-state index in [4.69, 9.17) is 16.3 Å². The Balaban J connectivity index is 1.86. The molecule has 0 saturated carbocycles. The second-order valence-corrected chi connectivity index (χ2v) is 5.80. The van der Waals surface area contributed by atoms with Gasteiger partial charge in [0, 0.05) is 10.2 Å². The van der Waals surface area contributed by atoms with E-state index in [0.29, 0.717) is 18.2 Å². The van der Waals surface area contributed by atoms with Gasteiger partial charge in [0.05, 0.1) is 24.3 Å². The van der Waals surface area contributed by atoms with Crippen LogP contribution in [0.1, 0.15) is 17.2 Å². The largest absolute Gasteiger partial charge is 0.376 e. The van der Waals surface area contributed by atoms with Gasteiger partial charge in [-0.3, -0.25) is 0 Å². The predicted molar refractivity (Wildman–Crippen MR) is 81.6 cm³/mol. The van der Waals surface area contributed by atoms with E-state index in [-0.39, 0.29) is 6.04 Å². The van der Waals surface area contributed by atoms with Crippen LogP contribution in [0.3, 0.4) is 0 Å². The highest BCUT2D eigenvalue weighted by molar-refractivity contribution is 9.10. The number of anilines is 1. The SMILES string of the molecule is Clc1cc(NC2COCc3ccccc32)ccc1Br. The van der Waals surface area contributed by atoms with E-state index in [1.54, 1.807) is 0 Å². The second kappa shape index (κ2) is 5.53. The Bertz CT molecular complexity index is 602. The van der Waals surface area contributed by atoms with Crippen LogP contribution in [-0.4, -0.2) is 6.61 Å². The van der Waals surface area contributed by atoms with Crippen LogP contribution in [0.5, 0.6) is 0 Å². The monoisotopic (exact) mass is 337 g/mol. The van der Waals surface area contributed by atoms with Crippen LogP contribution >= 0.6 is 27.5 Å². The molecule has 0 saturated heterocycles. The van der Waals surface area contributed by atoms with Crippen molar-refractivity contribution in [3.8, 4) is 0 Å². The molecule has 1 aliphatic heterocycles. The van der Waals surface area contributed by atoms with Crippen molar-refractivity contribution < 1.29 is 4.74 Å². The number of nitrogens with one attached hydrogen (secondary N) is 1.